The van der Waals surface area contributed by atoms with E-state index in [9.17, 15) is 19.2 Å². The number of amides is 4. The molecule has 37 heavy (non-hydrogen) atoms. The molecule has 0 radical (unpaired) electrons. The standard InChI is InChI=1S/C26H21N7O4/c34-23-6-5-22(25(36)29-23)32-13-18-10-19(3-4-20(18)26(32)37)33-14-21(30-31-33)24(35)28-11-15-1-2-17-12-27-8-7-16(17)9-15/h1-4,7-10,12,14,22H,5-6,11,13H2,(H,28,35)(H,29,34,36). The molecule has 1 fully saturated rings. The quantitative estimate of drug-likeness (QED) is 0.400. The van der Waals surface area contributed by atoms with Gasteiger partial charge in [-0.1, -0.05) is 17.3 Å². The van der Waals surface area contributed by atoms with Crippen LogP contribution in [0.2, 0.25) is 0 Å². The van der Waals surface area contributed by atoms with Crippen molar-refractivity contribution >= 4 is 34.4 Å². The third-order valence-corrected chi connectivity index (χ3v) is 6.66. The van der Waals surface area contributed by atoms with E-state index < -0.39 is 11.9 Å². The third-order valence-electron chi connectivity index (χ3n) is 6.66. The Morgan fingerprint density at radius 2 is 1.97 bits per heavy atom. The van der Waals surface area contributed by atoms with Crippen molar-refractivity contribution in [3.63, 3.8) is 0 Å². The summed E-state index contributed by atoms with van der Waals surface area (Å²) in [4.78, 5) is 54.9. The molecule has 2 aromatic heterocycles. The maximum atomic E-state index is 12.9. The third kappa shape index (κ3) is 4.20. The van der Waals surface area contributed by atoms with Crippen LogP contribution in [0.25, 0.3) is 16.5 Å². The van der Waals surface area contributed by atoms with Gasteiger partial charge in [-0.05, 0) is 53.3 Å². The average Bonchev–Trinajstić information content (AvgIpc) is 3.52. The van der Waals surface area contributed by atoms with Crippen molar-refractivity contribution in [2.45, 2.75) is 32.0 Å². The summed E-state index contributed by atoms with van der Waals surface area (Å²) >= 11 is 0. The fraction of sp³-hybridized carbons (Fsp3) is 0.192. The van der Waals surface area contributed by atoms with Crippen LogP contribution in [0.3, 0.4) is 0 Å². The van der Waals surface area contributed by atoms with E-state index in [1.165, 1.54) is 15.8 Å². The second-order valence-electron chi connectivity index (χ2n) is 9.03. The number of fused-ring (bicyclic) bond motifs is 2. The van der Waals surface area contributed by atoms with Gasteiger partial charge in [0.05, 0.1) is 11.9 Å². The monoisotopic (exact) mass is 495 g/mol. The lowest BCUT2D eigenvalue weighted by Crippen LogP contribution is -2.52. The molecule has 6 rings (SSSR count). The number of benzene rings is 2. The van der Waals surface area contributed by atoms with Crippen LogP contribution in [0, 0.1) is 0 Å². The average molecular weight is 495 g/mol. The van der Waals surface area contributed by atoms with E-state index in [-0.39, 0.29) is 36.4 Å². The number of aromatic nitrogens is 4. The maximum absolute atomic E-state index is 12.9. The molecule has 1 unspecified atom stereocenters. The Bertz CT molecular complexity index is 1590. The molecular formula is C26H21N7O4. The Labute approximate surface area is 210 Å². The lowest BCUT2D eigenvalue weighted by atomic mass is 10.0. The fourth-order valence-corrected chi connectivity index (χ4v) is 4.71. The van der Waals surface area contributed by atoms with E-state index in [0.29, 0.717) is 24.2 Å². The molecule has 0 aliphatic carbocycles. The van der Waals surface area contributed by atoms with Gasteiger partial charge in [-0.2, -0.15) is 0 Å². The minimum atomic E-state index is -0.679. The number of nitrogens with zero attached hydrogens (tertiary/aromatic N) is 5. The highest BCUT2D eigenvalue weighted by molar-refractivity contribution is 6.05. The Morgan fingerprint density at radius 1 is 1.08 bits per heavy atom. The summed E-state index contributed by atoms with van der Waals surface area (Å²) in [5, 5.41) is 15.3. The van der Waals surface area contributed by atoms with E-state index in [2.05, 4.69) is 25.9 Å². The molecule has 1 saturated heterocycles. The fourth-order valence-electron chi connectivity index (χ4n) is 4.71. The molecule has 1 atom stereocenters. The van der Waals surface area contributed by atoms with Crippen molar-refractivity contribution < 1.29 is 19.2 Å². The molecule has 11 heteroatoms. The van der Waals surface area contributed by atoms with Crippen molar-refractivity contribution in [2.75, 3.05) is 0 Å². The predicted molar refractivity (Wildman–Crippen MR) is 130 cm³/mol. The Kier molecular flexibility index (Phi) is 5.44. The SMILES string of the molecule is O=C1CCC(N2Cc3cc(-n4cc(C(=O)NCc5ccc6cnccc6c5)nn4)ccc3C2=O)C(=O)N1. The summed E-state index contributed by atoms with van der Waals surface area (Å²) in [6.07, 6.45) is 5.54. The first kappa shape index (κ1) is 22.5. The maximum Gasteiger partial charge on any atom is 0.273 e. The summed E-state index contributed by atoms with van der Waals surface area (Å²) in [5.74, 6) is -1.39. The summed E-state index contributed by atoms with van der Waals surface area (Å²) in [6, 6.07) is 12.3. The van der Waals surface area contributed by atoms with Crippen molar-refractivity contribution in [3.05, 3.63) is 83.4 Å². The highest BCUT2D eigenvalue weighted by Crippen LogP contribution is 2.29. The molecular weight excluding hydrogens is 474 g/mol. The smallest absolute Gasteiger partial charge is 0.273 e. The number of nitrogens with one attached hydrogen (secondary N) is 2. The van der Waals surface area contributed by atoms with Crippen molar-refractivity contribution in [1.29, 1.82) is 0 Å². The van der Waals surface area contributed by atoms with Gasteiger partial charge < -0.3 is 10.2 Å². The molecule has 2 N–H and O–H groups in total. The number of hydrogen-bond donors (Lipinski definition) is 2. The number of pyridine rings is 1. The van der Waals surface area contributed by atoms with Crippen molar-refractivity contribution in [3.8, 4) is 5.69 Å². The van der Waals surface area contributed by atoms with Crippen LogP contribution in [-0.4, -0.2) is 54.5 Å². The zero-order chi connectivity index (χ0) is 25.5. The zero-order valence-corrected chi connectivity index (χ0v) is 19.5. The highest BCUT2D eigenvalue weighted by Gasteiger charge is 2.39. The van der Waals surface area contributed by atoms with Gasteiger partial charge in [-0.3, -0.25) is 29.5 Å². The first-order chi connectivity index (χ1) is 18.0. The summed E-state index contributed by atoms with van der Waals surface area (Å²) in [7, 11) is 0. The van der Waals surface area contributed by atoms with Crippen LogP contribution >= 0.6 is 0 Å². The number of carbonyl (C=O) groups excluding carboxylic acids is 4. The highest BCUT2D eigenvalue weighted by atomic mass is 16.2. The molecule has 0 spiro atoms. The van der Waals surface area contributed by atoms with Crippen LogP contribution in [0.15, 0.2) is 61.1 Å². The second-order valence-corrected chi connectivity index (χ2v) is 9.03. The van der Waals surface area contributed by atoms with E-state index in [1.807, 2.05) is 24.3 Å². The molecule has 184 valence electrons. The second kappa shape index (κ2) is 8.94. The Morgan fingerprint density at radius 3 is 2.84 bits per heavy atom. The van der Waals surface area contributed by atoms with Gasteiger partial charge in [-0.15, -0.1) is 5.10 Å². The van der Waals surface area contributed by atoms with Gasteiger partial charge in [0.15, 0.2) is 5.69 Å². The van der Waals surface area contributed by atoms with Gasteiger partial charge in [0.1, 0.15) is 6.04 Å². The first-order valence-electron chi connectivity index (χ1n) is 11.8. The minimum Gasteiger partial charge on any atom is -0.347 e. The Balaban J connectivity index is 1.14. The van der Waals surface area contributed by atoms with E-state index in [1.54, 1.807) is 30.6 Å². The van der Waals surface area contributed by atoms with Gasteiger partial charge in [0, 0.05) is 42.9 Å². The van der Waals surface area contributed by atoms with Crippen LogP contribution in [0.5, 0.6) is 0 Å². The molecule has 4 heterocycles. The van der Waals surface area contributed by atoms with Crippen molar-refractivity contribution in [1.82, 2.24) is 35.5 Å². The van der Waals surface area contributed by atoms with Gasteiger partial charge in [0.25, 0.3) is 11.8 Å². The predicted octanol–water partition coefficient (Wildman–Crippen LogP) is 1.51. The first-order valence-corrected chi connectivity index (χ1v) is 11.8. The number of imide groups is 1. The van der Waals surface area contributed by atoms with Crippen LogP contribution in [0.1, 0.15) is 44.8 Å². The molecule has 0 bridgehead atoms. The molecule has 2 aliphatic rings. The van der Waals surface area contributed by atoms with E-state index in [0.717, 1.165) is 21.9 Å². The zero-order valence-electron chi connectivity index (χ0n) is 19.5. The van der Waals surface area contributed by atoms with Crippen molar-refractivity contribution in [2.24, 2.45) is 0 Å². The molecule has 2 aliphatic heterocycles. The van der Waals surface area contributed by atoms with E-state index in [4.69, 9.17) is 0 Å². The van der Waals surface area contributed by atoms with Crippen LogP contribution < -0.4 is 10.6 Å². The normalized spacial score (nSPS) is 17.1. The van der Waals surface area contributed by atoms with Gasteiger partial charge >= 0.3 is 0 Å². The summed E-state index contributed by atoms with van der Waals surface area (Å²) < 4.78 is 1.47. The van der Waals surface area contributed by atoms with E-state index >= 15 is 0 Å². The van der Waals surface area contributed by atoms with Crippen LogP contribution in [0.4, 0.5) is 0 Å². The van der Waals surface area contributed by atoms with Gasteiger partial charge in [0.2, 0.25) is 11.8 Å². The molecule has 4 aromatic rings. The molecule has 4 amide bonds. The molecule has 11 nitrogen and oxygen atoms in total. The Hall–Kier alpha value is -4.93. The number of hydrogen-bond acceptors (Lipinski definition) is 7. The largest absolute Gasteiger partial charge is 0.347 e. The molecule has 0 saturated carbocycles. The molecule has 2 aromatic carbocycles. The number of rotatable bonds is 5. The number of carbonyl (C=O) groups is 4. The summed E-state index contributed by atoms with van der Waals surface area (Å²) in [5.41, 5.74) is 2.97. The topological polar surface area (TPSA) is 139 Å². The number of piperidine rings is 1. The lowest BCUT2D eigenvalue weighted by Gasteiger charge is -2.29. The van der Waals surface area contributed by atoms with Gasteiger partial charge in [-0.25, -0.2) is 4.68 Å². The lowest BCUT2D eigenvalue weighted by molar-refractivity contribution is -0.136. The minimum absolute atomic E-state index is 0.159. The van der Waals surface area contributed by atoms with Crippen LogP contribution in [-0.2, 0) is 22.7 Å². The summed E-state index contributed by atoms with van der Waals surface area (Å²) in [6.45, 7) is 0.583.